The van der Waals surface area contributed by atoms with Crippen molar-refractivity contribution in [1.82, 2.24) is 4.90 Å². The molecule has 104 valence electrons. The first kappa shape index (κ1) is 13.2. The van der Waals surface area contributed by atoms with Crippen LogP contribution in [-0.2, 0) is 6.42 Å². The van der Waals surface area contributed by atoms with E-state index in [9.17, 15) is 4.79 Å². The molecule has 4 heteroatoms. The molecule has 0 saturated carbocycles. The molecule has 2 aromatic rings. The first-order chi connectivity index (χ1) is 9.70. The minimum atomic E-state index is 0.0944. The van der Waals surface area contributed by atoms with Crippen LogP contribution in [-0.4, -0.2) is 24.5 Å². The zero-order valence-electron chi connectivity index (χ0n) is 11.6. The molecule has 1 aliphatic rings. The van der Waals surface area contributed by atoms with Crippen molar-refractivity contribution in [3.8, 4) is 5.75 Å². The maximum Gasteiger partial charge on any atom is 0.254 e. The summed E-state index contributed by atoms with van der Waals surface area (Å²) in [5.74, 6) is 0.866. The van der Waals surface area contributed by atoms with Gasteiger partial charge in [-0.05, 0) is 54.6 Å². The van der Waals surface area contributed by atoms with Crippen LogP contribution in [0.3, 0.4) is 0 Å². The molecule has 1 aromatic carbocycles. The van der Waals surface area contributed by atoms with Crippen LogP contribution in [0, 0.1) is 0 Å². The fraction of sp³-hybridized carbons (Fsp3) is 0.312. The molecule has 0 N–H and O–H groups in total. The van der Waals surface area contributed by atoms with Crippen LogP contribution in [0.1, 0.15) is 33.8 Å². The van der Waals surface area contributed by atoms with Gasteiger partial charge in [-0.25, -0.2) is 0 Å². The molecule has 0 spiro atoms. The van der Waals surface area contributed by atoms with Crippen LogP contribution >= 0.6 is 11.3 Å². The van der Waals surface area contributed by atoms with Crippen LogP contribution in [0.2, 0.25) is 0 Å². The van der Waals surface area contributed by atoms with Crippen molar-refractivity contribution in [2.75, 3.05) is 13.7 Å². The molecule has 0 bridgehead atoms. The molecule has 2 heterocycles. The smallest absolute Gasteiger partial charge is 0.254 e. The van der Waals surface area contributed by atoms with Crippen molar-refractivity contribution < 1.29 is 9.53 Å². The van der Waals surface area contributed by atoms with E-state index in [-0.39, 0.29) is 11.9 Å². The second-order valence-electron chi connectivity index (χ2n) is 4.95. The Balaban J connectivity index is 1.84. The summed E-state index contributed by atoms with van der Waals surface area (Å²) in [6.45, 7) is 2.89. The predicted molar refractivity (Wildman–Crippen MR) is 80.5 cm³/mol. The van der Waals surface area contributed by atoms with Crippen molar-refractivity contribution >= 4 is 17.2 Å². The highest BCUT2D eigenvalue weighted by molar-refractivity contribution is 7.10. The lowest BCUT2D eigenvalue weighted by molar-refractivity contribution is 0.0679. The Hall–Kier alpha value is -1.81. The van der Waals surface area contributed by atoms with E-state index >= 15 is 0 Å². The van der Waals surface area contributed by atoms with Crippen molar-refractivity contribution in [2.45, 2.75) is 19.4 Å². The third-order valence-corrected chi connectivity index (χ3v) is 4.87. The number of nitrogens with zero attached hydrogens (tertiary/aromatic N) is 1. The van der Waals surface area contributed by atoms with Crippen LogP contribution in [0.4, 0.5) is 0 Å². The van der Waals surface area contributed by atoms with Gasteiger partial charge in [0.05, 0.1) is 13.2 Å². The molecule has 1 atom stereocenters. The summed E-state index contributed by atoms with van der Waals surface area (Å²) in [5.41, 5.74) is 2.01. The number of carbonyl (C=O) groups excluding carboxylic acids is 1. The molecule has 0 radical (unpaired) electrons. The zero-order valence-corrected chi connectivity index (χ0v) is 12.4. The van der Waals surface area contributed by atoms with Gasteiger partial charge in [0.1, 0.15) is 5.75 Å². The van der Waals surface area contributed by atoms with Gasteiger partial charge in [-0.1, -0.05) is 0 Å². The molecular weight excluding hydrogens is 270 g/mol. The number of rotatable bonds is 2. The maximum atomic E-state index is 12.6. The summed E-state index contributed by atoms with van der Waals surface area (Å²) in [4.78, 5) is 16.0. The molecule has 3 rings (SSSR count). The molecule has 1 aliphatic heterocycles. The minimum absolute atomic E-state index is 0.0944. The summed E-state index contributed by atoms with van der Waals surface area (Å²) in [7, 11) is 1.63. The summed E-state index contributed by atoms with van der Waals surface area (Å²) < 4.78 is 5.13. The number of carbonyl (C=O) groups is 1. The van der Waals surface area contributed by atoms with Gasteiger partial charge >= 0.3 is 0 Å². The number of benzene rings is 1. The van der Waals surface area contributed by atoms with Crippen molar-refractivity contribution in [3.05, 3.63) is 51.7 Å². The molecule has 20 heavy (non-hydrogen) atoms. The van der Waals surface area contributed by atoms with Gasteiger partial charge in [0.15, 0.2) is 0 Å². The maximum absolute atomic E-state index is 12.6. The van der Waals surface area contributed by atoms with E-state index in [1.54, 1.807) is 18.4 Å². The lowest BCUT2D eigenvalue weighted by atomic mass is 10.0. The Morgan fingerprint density at radius 3 is 2.75 bits per heavy atom. The van der Waals surface area contributed by atoms with E-state index in [4.69, 9.17) is 4.74 Å². The van der Waals surface area contributed by atoms with Gasteiger partial charge in [-0.3, -0.25) is 4.79 Å². The van der Waals surface area contributed by atoms with Crippen molar-refractivity contribution in [2.24, 2.45) is 0 Å². The standard InChI is InChI=1S/C16H17NO2S/c1-11-14-8-10-20-15(14)7-9-17(11)16(18)12-3-5-13(19-2)6-4-12/h3-6,8,10-11H,7,9H2,1-2H3. The molecule has 1 aromatic heterocycles. The first-order valence-electron chi connectivity index (χ1n) is 6.72. The fourth-order valence-corrected chi connectivity index (χ4v) is 3.65. The first-order valence-corrected chi connectivity index (χ1v) is 7.60. The summed E-state index contributed by atoms with van der Waals surface area (Å²) in [6.07, 6.45) is 0.958. The third kappa shape index (κ3) is 2.20. The van der Waals surface area contributed by atoms with Gasteiger partial charge in [0, 0.05) is 17.0 Å². The van der Waals surface area contributed by atoms with Gasteiger partial charge < -0.3 is 9.64 Å². The van der Waals surface area contributed by atoms with Crippen molar-refractivity contribution in [3.63, 3.8) is 0 Å². The molecule has 0 fully saturated rings. The molecule has 1 amide bonds. The van der Waals surface area contributed by atoms with E-state index in [0.29, 0.717) is 0 Å². The van der Waals surface area contributed by atoms with Crippen molar-refractivity contribution in [1.29, 1.82) is 0 Å². The number of hydrogen-bond donors (Lipinski definition) is 0. The minimum Gasteiger partial charge on any atom is -0.497 e. The monoisotopic (exact) mass is 287 g/mol. The average molecular weight is 287 g/mol. The lowest BCUT2D eigenvalue weighted by Gasteiger charge is -2.33. The van der Waals surface area contributed by atoms with E-state index in [0.717, 1.165) is 24.3 Å². The Kier molecular flexibility index (Phi) is 3.49. The van der Waals surface area contributed by atoms with Gasteiger partial charge in [0.2, 0.25) is 0 Å². The second-order valence-corrected chi connectivity index (χ2v) is 5.95. The molecular formula is C16H17NO2S. The largest absolute Gasteiger partial charge is 0.497 e. The Labute approximate surface area is 122 Å². The highest BCUT2D eigenvalue weighted by atomic mass is 32.1. The number of thiophene rings is 1. The summed E-state index contributed by atoms with van der Waals surface area (Å²) in [5, 5.41) is 2.11. The SMILES string of the molecule is COc1ccc(C(=O)N2CCc3sccc3C2C)cc1. The quantitative estimate of drug-likeness (QED) is 0.846. The number of fused-ring (bicyclic) bond motifs is 1. The highest BCUT2D eigenvalue weighted by Gasteiger charge is 2.28. The van der Waals surface area contributed by atoms with Gasteiger partial charge in [-0.15, -0.1) is 11.3 Å². The molecule has 1 unspecified atom stereocenters. The number of amides is 1. The summed E-state index contributed by atoms with van der Waals surface area (Å²) >= 11 is 1.79. The van der Waals surface area contributed by atoms with Gasteiger partial charge in [0.25, 0.3) is 5.91 Å². The molecule has 0 saturated heterocycles. The van der Waals surface area contributed by atoms with E-state index in [1.807, 2.05) is 29.2 Å². The Morgan fingerprint density at radius 1 is 1.30 bits per heavy atom. The predicted octanol–water partition coefficient (Wildman–Crippen LogP) is 3.52. The van der Waals surface area contributed by atoms with Crippen LogP contribution in [0.15, 0.2) is 35.7 Å². The van der Waals surface area contributed by atoms with E-state index in [2.05, 4.69) is 18.4 Å². The normalized spacial score (nSPS) is 17.7. The fourth-order valence-electron chi connectivity index (χ4n) is 2.69. The molecule has 3 nitrogen and oxygen atoms in total. The third-order valence-electron chi connectivity index (χ3n) is 3.88. The zero-order chi connectivity index (χ0) is 14.1. The van der Waals surface area contributed by atoms with E-state index in [1.165, 1.54) is 10.4 Å². The van der Waals surface area contributed by atoms with Gasteiger partial charge in [-0.2, -0.15) is 0 Å². The van der Waals surface area contributed by atoms with Crippen LogP contribution < -0.4 is 4.74 Å². The average Bonchev–Trinajstić information content (AvgIpc) is 2.96. The Bertz CT molecular complexity index is 618. The Morgan fingerprint density at radius 2 is 2.05 bits per heavy atom. The number of hydrogen-bond acceptors (Lipinski definition) is 3. The molecule has 0 aliphatic carbocycles. The second kappa shape index (κ2) is 5.29. The number of methoxy groups -OCH3 is 1. The summed E-state index contributed by atoms with van der Waals surface area (Å²) in [6, 6.07) is 9.61. The van der Waals surface area contributed by atoms with Crippen LogP contribution in [0.5, 0.6) is 5.75 Å². The number of ether oxygens (including phenoxy) is 1. The highest BCUT2D eigenvalue weighted by Crippen LogP contribution is 2.33. The van der Waals surface area contributed by atoms with Crippen LogP contribution in [0.25, 0.3) is 0 Å². The lowest BCUT2D eigenvalue weighted by Crippen LogP contribution is -2.38. The topological polar surface area (TPSA) is 29.5 Å². The van der Waals surface area contributed by atoms with E-state index < -0.39 is 0 Å².